The number of aliphatic hydroxyl groups excluding tert-OH is 8. The number of nitrogen functional groups attached to an aromatic ring is 1. The second-order valence-corrected chi connectivity index (χ2v) is 16.0. The molecule has 4 aromatic carbocycles. The van der Waals surface area contributed by atoms with Crippen LogP contribution >= 0.6 is 0 Å². The first-order valence-electron chi connectivity index (χ1n) is 21.5. The van der Waals surface area contributed by atoms with Gasteiger partial charge >= 0.3 is 5.97 Å². The molecular formula is C51H58N4O15. The number of hydrogen-bond donors (Lipinski definition) is 11. The fraction of sp³-hybridized carbons (Fsp3) is 0.294. The molecule has 12 N–H and O–H groups in total. The molecule has 2 aliphatic heterocycles. The van der Waals surface area contributed by atoms with Gasteiger partial charge in [0.25, 0.3) is 5.91 Å². The fourth-order valence-electron chi connectivity index (χ4n) is 7.18. The molecule has 0 bridgehead atoms. The van der Waals surface area contributed by atoms with Gasteiger partial charge in [-0.25, -0.2) is 4.79 Å². The molecule has 6 aromatic rings. The zero-order valence-electron chi connectivity index (χ0n) is 37.3. The Hall–Kier alpha value is -6.88. The van der Waals surface area contributed by atoms with E-state index in [-0.39, 0.29) is 18.9 Å². The average molecular weight is 967 g/mol. The first-order chi connectivity index (χ1) is 33.1. The van der Waals surface area contributed by atoms with E-state index in [0.29, 0.717) is 28.3 Å². The number of benzene rings is 4. The number of carboxylic acids is 1. The zero-order valence-corrected chi connectivity index (χ0v) is 37.3. The van der Waals surface area contributed by atoms with Crippen molar-refractivity contribution < 1.29 is 74.5 Å². The van der Waals surface area contributed by atoms with Crippen LogP contribution in [-0.4, -0.2) is 142 Å². The number of nitrogens with two attached hydrogens (primary N) is 1. The van der Waals surface area contributed by atoms with Gasteiger partial charge in [0, 0.05) is 41.7 Å². The van der Waals surface area contributed by atoms with Gasteiger partial charge in [0.05, 0.1) is 18.8 Å². The van der Waals surface area contributed by atoms with Crippen molar-refractivity contribution in [3.63, 3.8) is 0 Å². The van der Waals surface area contributed by atoms with Crippen LogP contribution < -0.4 is 20.5 Å². The Kier molecular flexibility index (Phi) is 19.4. The molecule has 70 heavy (non-hydrogen) atoms. The maximum atomic E-state index is 12.6. The highest BCUT2D eigenvalue weighted by molar-refractivity contribution is 6.05. The van der Waals surface area contributed by atoms with Gasteiger partial charge in [-0.15, -0.1) is 0 Å². The minimum absolute atomic E-state index is 0. The van der Waals surface area contributed by atoms with Crippen LogP contribution in [0.15, 0.2) is 134 Å². The van der Waals surface area contributed by atoms with Crippen LogP contribution in [0, 0.1) is 13.8 Å². The highest BCUT2D eigenvalue weighted by Gasteiger charge is 2.46. The SMILES string of the molecule is C.Cc1cc(-c2cccc(C(=O)Nc3ccncc3)c2)ccc1OC1OC(CO)C(O)C(O)C1O.Cc1cc(-c2cccc(C(=O)O)c2)ccc1OC1OC(CO)C(O)C(O)C1O.Nc1ccncc1. The largest absolute Gasteiger partial charge is 0.478 e. The molecule has 10 unspecified atom stereocenters. The zero-order chi connectivity index (χ0) is 49.8. The number of carbonyl (C=O) groups is 2. The van der Waals surface area contributed by atoms with Crippen LogP contribution in [0.3, 0.4) is 0 Å². The van der Waals surface area contributed by atoms with E-state index in [1.807, 2.05) is 19.1 Å². The van der Waals surface area contributed by atoms with E-state index in [4.69, 9.17) is 29.8 Å². The van der Waals surface area contributed by atoms with Gasteiger partial charge in [-0.3, -0.25) is 14.8 Å². The molecule has 0 aliphatic carbocycles. The third-order valence-electron chi connectivity index (χ3n) is 11.1. The average Bonchev–Trinajstić information content (AvgIpc) is 3.36. The first-order valence-corrected chi connectivity index (χ1v) is 21.5. The predicted octanol–water partition coefficient (Wildman–Crippen LogP) is 3.33. The lowest BCUT2D eigenvalue weighted by molar-refractivity contribution is -0.277. The number of nitrogens with zero attached hydrogens (tertiary/aromatic N) is 2. The van der Waals surface area contributed by atoms with Crippen molar-refractivity contribution in [2.45, 2.75) is 82.7 Å². The predicted molar refractivity (Wildman–Crippen MR) is 257 cm³/mol. The summed E-state index contributed by atoms with van der Waals surface area (Å²) in [5.41, 5.74) is 12.0. The number of hydrogen-bond acceptors (Lipinski definition) is 17. The Balaban J connectivity index is 0.000000229. The lowest BCUT2D eigenvalue weighted by atomic mass is 9.99. The molecule has 19 nitrogen and oxygen atoms in total. The molecule has 0 spiro atoms. The second-order valence-electron chi connectivity index (χ2n) is 16.0. The van der Waals surface area contributed by atoms with E-state index < -0.39 is 80.6 Å². The van der Waals surface area contributed by atoms with Crippen molar-refractivity contribution in [3.05, 3.63) is 156 Å². The number of aryl methyl sites for hydroxylation is 2. The molecule has 0 radical (unpaired) electrons. The Morgan fingerprint density at radius 1 is 0.571 bits per heavy atom. The molecule has 2 saturated heterocycles. The molecular weight excluding hydrogens is 909 g/mol. The number of rotatable bonds is 11. The van der Waals surface area contributed by atoms with Crippen molar-refractivity contribution in [1.82, 2.24) is 9.97 Å². The maximum absolute atomic E-state index is 12.6. The summed E-state index contributed by atoms with van der Waals surface area (Å²) in [4.78, 5) is 31.5. The Bertz CT molecular complexity index is 2620. The summed E-state index contributed by atoms with van der Waals surface area (Å²) in [6, 6.07) is 31.1. The number of pyridine rings is 2. The quantitative estimate of drug-likeness (QED) is 0.0887. The number of carbonyl (C=O) groups excluding carboxylic acids is 1. The van der Waals surface area contributed by atoms with Gasteiger partial charge in [0.2, 0.25) is 12.6 Å². The van der Waals surface area contributed by atoms with Gasteiger partial charge < -0.3 is 76.0 Å². The third kappa shape index (κ3) is 13.7. The summed E-state index contributed by atoms with van der Waals surface area (Å²) in [6.45, 7) is 2.50. The number of aliphatic hydroxyl groups is 8. The Morgan fingerprint density at radius 3 is 1.39 bits per heavy atom. The van der Waals surface area contributed by atoms with E-state index in [1.165, 1.54) is 6.07 Å². The van der Waals surface area contributed by atoms with Gasteiger partial charge in [-0.2, -0.15) is 0 Å². The molecule has 8 rings (SSSR count). The highest BCUT2D eigenvalue weighted by Crippen LogP contribution is 2.32. The molecule has 10 atom stereocenters. The van der Waals surface area contributed by atoms with E-state index in [9.17, 15) is 50.4 Å². The highest BCUT2D eigenvalue weighted by atomic mass is 16.7. The minimum atomic E-state index is -1.52. The van der Waals surface area contributed by atoms with Crippen LogP contribution in [0.25, 0.3) is 22.3 Å². The van der Waals surface area contributed by atoms with Gasteiger partial charge in [0.1, 0.15) is 60.3 Å². The molecule has 1 amide bonds. The Morgan fingerprint density at radius 2 is 0.986 bits per heavy atom. The summed E-state index contributed by atoms with van der Waals surface area (Å²) in [5.74, 6) is -0.476. The summed E-state index contributed by atoms with van der Waals surface area (Å²) in [6.07, 6.45) is -7.05. The first kappa shape index (κ1) is 54.1. The Labute approximate surface area is 403 Å². The van der Waals surface area contributed by atoms with Gasteiger partial charge in [-0.1, -0.05) is 43.8 Å². The number of amides is 1. The normalized spacial score (nSPS) is 23.7. The van der Waals surface area contributed by atoms with Crippen LogP contribution in [0.1, 0.15) is 39.3 Å². The summed E-state index contributed by atoms with van der Waals surface area (Å²) < 4.78 is 22.2. The molecule has 4 heterocycles. The molecule has 2 aromatic heterocycles. The van der Waals surface area contributed by atoms with Crippen LogP contribution in [0.2, 0.25) is 0 Å². The molecule has 372 valence electrons. The van der Waals surface area contributed by atoms with Crippen molar-refractivity contribution in [2.75, 3.05) is 24.3 Å². The van der Waals surface area contributed by atoms with E-state index in [0.717, 1.165) is 33.5 Å². The summed E-state index contributed by atoms with van der Waals surface area (Å²) in [7, 11) is 0. The molecule has 2 aliphatic rings. The minimum Gasteiger partial charge on any atom is -0.478 e. The number of aromatic nitrogens is 2. The lowest BCUT2D eigenvalue weighted by Crippen LogP contribution is -2.60. The summed E-state index contributed by atoms with van der Waals surface area (Å²) >= 11 is 0. The smallest absolute Gasteiger partial charge is 0.335 e. The number of ether oxygens (including phenoxy) is 4. The molecule has 0 saturated carbocycles. The van der Waals surface area contributed by atoms with E-state index >= 15 is 0 Å². The van der Waals surface area contributed by atoms with Crippen LogP contribution in [0.4, 0.5) is 11.4 Å². The molecule has 19 heteroatoms. The van der Waals surface area contributed by atoms with E-state index in [1.54, 1.807) is 123 Å². The van der Waals surface area contributed by atoms with Crippen molar-refractivity contribution in [1.29, 1.82) is 0 Å². The lowest BCUT2D eigenvalue weighted by Gasteiger charge is -2.39. The van der Waals surface area contributed by atoms with Crippen molar-refractivity contribution in [2.24, 2.45) is 0 Å². The van der Waals surface area contributed by atoms with Gasteiger partial charge in [0.15, 0.2) is 0 Å². The number of aromatic carboxylic acids is 1. The van der Waals surface area contributed by atoms with Crippen LogP contribution in [0.5, 0.6) is 11.5 Å². The van der Waals surface area contributed by atoms with Crippen molar-refractivity contribution in [3.8, 4) is 33.8 Å². The second kappa shape index (κ2) is 25.1. The number of anilines is 2. The topological polar surface area (TPSA) is 317 Å². The van der Waals surface area contributed by atoms with Crippen LogP contribution in [-0.2, 0) is 9.47 Å². The van der Waals surface area contributed by atoms with E-state index in [2.05, 4.69) is 15.3 Å². The van der Waals surface area contributed by atoms with Crippen molar-refractivity contribution >= 4 is 23.3 Å². The number of carboxylic acid groups (broad SMARTS) is 1. The number of nitrogens with one attached hydrogen (secondary N) is 1. The third-order valence-corrected chi connectivity index (χ3v) is 11.1. The maximum Gasteiger partial charge on any atom is 0.335 e. The summed E-state index contributed by atoms with van der Waals surface area (Å²) in [5, 5.41) is 90.4. The fourth-order valence-corrected chi connectivity index (χ4v) is 7.18. The standard InChI is InChI=1S/C25H26N2O7.C20H22O8.C5H6N2.CH4/c1-14-11-16(5-6-19(14)33-25-23(31)22(30)21(29)20(13-28)34-25)15-3-2-4-17(12-15)24(32)27-18-7-9-26-10-8-18;1-10-7-12(11-3-2-4-13(8-11)19(25)26)5-6-14(10)27-20-18(24)17(23)16(22)15(9-21)28-20;6-5-1-3-7-4-2-5;/h2-12,20-23,25,28-31H,13H2,1H3,(H,26,27,32);2-8,15-18,20-24H,9H2,1H3,(H,25,26);1-4H,(H2,6,7);1H4. The monoisotopic (exact) mass is 966 g/mol. The van der Waals surface area contributed by atoms with Gasteiger partial charge in [-0.05, 0) is 120 Å². The molecule has 2 fully saturated rings.